The molecule has 0 aromatic heterocycles. The Labute approximate surface area is 85.1 Å². The maximum Gasteiger partial charge on any atom is 0.512 e. The molecule has 0 spiro atoms. The zero-order chi connectivity index (χ0) is 11.6. The normalized spacial score (nSPS) is 11.9. The van der Waals surface area contributed by atoms with E-state index >= 15 is 0 Å². The first kappa shape index (κ1) is 11.9. The Morgan fingerprint density at radius 1 is 1.20 bits per heavy atom. The summed E-state index contributed by atoms with van der Waals surface area (Å²) in [6, 6.07) is 3.02. The fourth-order valence-corrected chi connectivity index (χ4v) is 1.13. The van der Waals surface area contributed by atoms with Crippen LogP contribution in [0.15, 0.2) is 18.2 Å². The van der Waals surface area contributed by atoms with Crippen molar-refractivity contribution in [2.24, 2.45) is 0 Å². The molecule has 6 heteroatoms. The molecule has 15 heavy (non-hydrogen) atoms. The summed E-state index contributed by atoms with van der Waals surface area (Å²) >= 11 is 0. The van der Waals surface area contributed by atoms with E-state index in [1.54, 1.807) is 13.8 Å². The first-order valence-corrected chi connectivity index (χ1v) is 4.47. The van der Waals surface area contributed by atoms with E-state index in [9.17, 15) is 17.3 Å². The van der Waals surface area contributed by atoms with E-state index in [0.717, 1.165) is 6.07 Å². The van der Waals surface area contributed by atoms with Gasteiger partial charge in [-0.25, -0.2) is 4.39 Å². The molecule has 0 unspecified atom stereocenters. The third-order valence-corrected chi connectivity index (χ3v) is 1.71. The predicted octanol–water partition coefficient (Wildman–Crippen LogP) is 2.67. The zero-order valence-corrected chi connectivity index (χ0v) is 8.31. The van der Waals surface area contributed by atoms with E-state index in [0.29, 0.717) is 6.07 Å². The summed E-state index contributed by atoms with van der Waals surface area (Å²) in [5.74, 6) is -1.69. The van der Waals surface area contributed by atoms with E-state index in [4.69, 9.17) is 4.74 Å². The van der Waals surface area contributed by atoms with Crippen LogP contribution in [0.1, 0.15) is 13.8 Å². The van der Waals surface area contributed by atoms with Gasteiger partial charge in [-0.15, -0.1) is 0 Å². The number of hydrogen-bond acceptors (Lipinski definition) is 1. The molecule has 84 valence electrons. The summed E-state index contributed by atoms with van der Waals surface area (Å²) in [5.41, 5.74) is -1.24. The van der Waals surface area contributed by atoms with Gasteiger partial charge in [0.2, 0.25) is 0 Å². The van der Waals surface area contributed by atoms with Gasteiger partial charge in [0, 0.05) is 0 Å². The highest BCUT2D eigenvalue weighted by molar-refractivity contribution is 6.73. The molecule has 0 amide bonds. The van der Waals surface area contributed by atoms with Crippen LogP contribution < -0.4 is 10.2 Å². The lowest BCUT2D eigenvalue weighted by Crippen LogP contribution is -2.37. The maximum atomic E-state index is 13.3. The first-order valence-electron chi connectivity index (χ1n) is 4.47. The fraction of sp³-hybridized carbons (Fsp3) is 0.333. The summed E-state index contributed by atoms with van der Waals surface area (Å²) in [6.45, 7) is -2.10. The van der Waals surface area contributed by atoms with Crippen LogP contribution >= 0.6 is 0 Å². The molecule has 0 saturated carbocycles. The molecule has 0 heterocycles. The molecule has 0 aliphatic heterocycles. The van der Waals surface area contributed by atoms with Crippen LogP contribution in [0.4, 0.5) is 17.3 Å². The SMILES string of the molecule is CC(C)Oc1cccc([B-](F)(F)F)c1F. The predicted molar refractivity (Wildman–Crippen MR) is 50.9 cm³/mol. The van der Waals surface area contributed by atoms with Gasteiger partial charge >= 0.3 is 6.98 Å². The minimum Gasteiger partial charge on any atom is -0.488 e. The van der Waals surface area contributed by atoms with Gasteiger partial charge in [0.05, 0.1) is 6.10 Å². The molecule has 0 bridgehead atoms. The molecule has 0 atom stereocenters. The Balaban J connectivity index is 3.12. The number of ether oxygens (including phenoxy) is 1. The highest BCUT2D eigenvalue weighted by atomic mass is 19.4. The van der Waals surface area contributed by atoms with Crippen LogP contribution in [0.2, 0.25) is 0 Å². The van der Waals surface area contributed by atoms with E-state index in [1.165, 1.54) is 6.07 Å². The lowest BCUT2D eigenvalue weighted by molar-refractivity contribution is 0.231. The Morgan fingerprint density at radius 2 is 1.80 bits per heavy atom. The third-order valence-electron chi connectivity index (χ3n) is 1.71. The molecule has 0 aliphatic rings. The van der Waals surface area contributed by atoms with Crippen LogP contribution in [0.25, 0.3) is 0 Å². The summed E-state index contributed by atoms with van der Waals surface area (Å²) in [4.78, 5) is 0. The second-order valence-corrected chi connectivity index (χ2v) is 3.40. The molecule has 0 saturated heterocycles. The van der Waals surface area contributed by atoms with Crippen molar-refractivity contribution in [3.05, 3.63) is 24.0 Å². The van der Waals surface area contributed by atoms with Crippen LogP contribution in [0, 0.1) is 5.82 Å². The van der Waals surface area contributed by atoms with Crippen molar-refractivity contribution in [1.29, 1.82) is 0 Å². The highest BCUT2D eigenvalue weighted by Gasteiger charge is 2.30. The molecule has 1 rings (SSSR count). The van der Waals surface area contributed by atoms with Crippen molar-refractivity contribution in [2.75, 3.05) is 0 Å². The first-order chi connectivity index (χ1) is 6.82. The Hall–Kier alpha value is -1.20. The van der Waals surface area contributed by atoms with Gasteiger partial charge in [-0.05, 0) is 19.9 Å². The van der Waals surface area contributed by atoms with Gasteiger partial charge in [0.15, 0.2) is 5.75 Å². The molecule has 1 aromatic rings. The van der Waals surface area contributed by atoms with Crippen LogP contribution in [-0.4, -0.2) is 13.1 Å². The number of benzene rings is 1. The lowest BCUT2D eigenvalue weighted by Gasteiger charge is -2.18. The van der Waals surface area contributed by atoms with Gasteiger partial charge < -0.3 is 17.7 Å². The van der Waals surface area contributed by atoms with Crippen LogP contribution in [-0.2, 0) is 0 Å². The smallest absolute Gasteiger partial charge is 0.488 e. The summed E-state index contributed by atoms with van der Waals surface area (Å²) in [6.07, 6.45) is -0.365. The third kappa shape index (κ3) is 2.87. The maximum absolute atomic E-state index is 13.3. The van der Waals surface area contributed by atoms with Gasteiger partial charge in [-0.3, -0.25) is 0 Å². The minimum atomic E-state index is -5.33. The van der Waals surface area contributed by atoms with Crippen molar-refractivity contribution in [3.8, 4) is 5.75 Å². The van der Waals surface area contributed by atoms with Gasteiger partial charge in [-0.1, -0.05) is 17.6 Å². The number of hydrogen-bond donors (Lipinski definition) is 0. The van der Waals surface area contributed by atoms with Gasteiger partial charge in [0.25, 0.3) is 0 Å². The monoisotopic (exact) mass is 221 g/mol. The van der Waals surface area contributed by atoms with Gasteiger partial charge in [-0.2, -0.15) is 0 Å². The Kier molecular flexibility index (Phi) is 3.26. The second-order valence-electron chi connectivity index (χ2n) is 3.40. The average molecular weight is 221 g/mol. The van der Waals surface area contributed by atoms with E-state index in [1.807, 2.05) is 0 Å². The summed E-state index contributed by atoms with van der Waals surface area (Å²) in [7, 11) is 0. The van der Waals surface area contributed by atoms with Crippen molar-refractivity contribution in [3.63, 3.8) is 0 Å². The van der Waals surface area contributed by atoms with Gasteiger partial charge in [0.1, 0.15) is 5.82 Å². The summed E-state index contributed by atoms with van der Waals surface area (Å²) < 4.78 is 55.2. The molecule has 0 radical (unpaired) electrons. The van der Waals surface area contributed by atoms with Crippen LogP contribution in [0.5, 0.6) is 5.75 Å². The van der Waals surface area contributed by atoms with Crippen LogP contribution in [0.3, 0.4) is 0 Å². The molecular weight excluding hydrogens is 211 g/mol. The van der Waals surface area contributed by atoms with E-state index in [-0.39, 0.29) is 11.9 Å². The largest absolute Gasteiger partial charge is 0.512 e. The topological polar surface area (TPSA) is 9.23 Å². The minimum absolute atomic E-state index is 0.360. The average Bonchev–Trinajstić information content (AvgIpc) is 2.05. The molecule has 0 aliphatic carbocycles. The number of halogens is 4. The lowest BCUT2D eigenvalue weighted by atomic mass is 9.79. The molecule has 0 N–H and O–H groups in total. The van der Waals surface area contributed by atoms with Crippen molar-refractivity contribution in [2.45, 2.75) is 20.0 Å². The van der Waals surface area contributed by atoms with E-state index < -0.39 is 18.3 Å². The molecule has 1 nitrogen and oxygen atoms in total. The molecule has 1 aromatic carbocycles. The summed E-state index contributed by atoms with van der Waals surface area (Å²) in [5, 5.41) is 0. The Morgan fingerprint density at radius 3 is 2.27 bits per heavy atom. The quantitative estimate of drug-likeness (QED) is 0.563. The van der Waals surface area contributed by atoms with Crippen molar-refractivity contribution in [1.82, 2.24) is 0 Å². The van der Waals surface area contributed by atoms with Crippen molar-refractivity contribution >= 4 is 12.4 Å². The van der Waals surface area contributed by atoms with E-state index in [2.05, 4.69) is 0 Å². The standard InChI is InChI=1S/C9H10BF4O/c1-6(2)15-8-5-3-4-7(9(8)11)10(12,13)14/h3-6H,1-2H3/q-1. The highest BCUT2D eigenvalue weighted by Crippen LogP contribution is 2.20. The number of rotatable bonds is 3. The molecule has 0 fully saturated rings. The zero-order valence-electron chi connectivity index (χ0n) is 8.31. The fourth-order valence-electron chi connectivity index (χ4n) is 1.13. The van der Waals surface area contributed by atoms with Crippen molar-refractivity contribution < 1.29 is 22.1 Å². The second kappa shape index (κ2) is 4.12. The molecular formula is C9H10BF4O-. The Bertz CT molecular complexity index is 348.